The van der Waals surface area contributed by atoms with Crippen molar-refractivity contribution in [2.75, 3.05) is 27.3 Å². The van der Waals surface area contributed by atoms with Gasteiger partial charge in [0.2, 0.25) is 0 Å². The summed E-state index contributed by atoms with van der Waals surface area (Å²) in [5, 5.41) is 35.2. The van der Waals surface area contributed by atoms with E-state index in [-0.39, 0.29) is 40.1 Å². The van der Waals surface area contributed by atoms with Crippen molar-refractivity contribution in [2.45, 2.75) is 359 Å². The maximum atomic E-state index is 16.4. The highest BCUT2D eigenvalue weighted by atomic mass is 19.3. The lowest BCUT2D eigenvalue weighted by Crippen LogP contribution is -2.51. The maximum Gasteiger partial charge on any atom is 0.294 e. The molecule has 0 spiro atoms. The Morgan fingerprint density at radius 3 is 1.42 bits per heavy atom. The molecule has 526 valence electrons. The third kappa shape index (κ3) is 15.9. The van der Waals surface area contributed by atoms with Crippen LogP contribution in [0.2, 0.25) is 0 Å². The van der Waals surface area contributed by atoms with Crippen LogP contribution in [-0.4, -0.2) is 104 Å². The second kappa shape index (κ2) is 29.9. The quantitative estimate of drug-likeness (QED) is 0.0939. The number of nitrogens with zero attached hydrogens (tertiary/aromatic N) is 13. The zero-order valence-electron chi connectivity index (χ0n) is 63.2. The maximum absolute atomic E-state index is 16.4. The molecular weight excluding hydrogens is 1160 g/mol. The molecule has 0 bridgehead atoms. The van der Waals surface area contributed by atoms with E-state index in [0.29, 0.717) is 30.4 Å². The fraction of sp³-hybridized carbons (Fsp3) is 0.892. The number of halogens is 3. The largest absolute Gasteiger partial charge is 0.377 e. The van der Waals surface area contributed by atoms with E-state index < -0.39 is 33.9 Å². The Balaban J connectivity index is 0.000000195. The molecule has 4 aromatic heterocycles. The molecule has 4 aliphatic carbocycles. The fourth-order valence-corrected chi connectivity index (χ4v) is 15.0. The van der Waals surface area contributed by atoms with Crippen molar-refractivity contribution in [3.63, 3.8) is 0 Å². The Morgan fingerprint density at radius 2 is 0.913 bits per heavy atom. The molecule has 1 fully saturated rings. The lowest BCUT2D eigenvalue weighted by Gasteiger charge is -2.43. The van der Waals surface area contributed by atoms with Gasteiger partial charge in [0, 0.05) is 50.6 Å². The lowest BCUT2D eigenvalue weighted by molar-refractivity contribution is -0.124. The second-order valence-corrected chi connectivity index (χ2v) is 33.4. The summed E-state index contributed by atoms with van der Waals surface area (Å²) in [6, 6.07) is 0. The van der Waals surface area contributed by atoms with E-state index >= 15 is 13.2 Å². The van der Waals surface area contributed by atoms with E-state index in [2.05, 4.69) is 180 Å². The molecule has 92 heavy (non-hydrogen) atoms. The molecule has 15 nitrogen and oxygen atoms in total. The Bertz CT molecular complexity index is 2960. The van der Waals surface area contributed by atoms with Gasteiger partial charge in [-0.05, 0) is 207 Å². The van der Waals surface area contributed by atoms with Crippen LogP contribution in [0.4, 0.5) is 13.2 Å². The van der Waals surface area contributed by atoms with Crippen molar-refractivity contribution in [3.8, 4) is 0 Å². The number of hydrogen-bond acceptors (Lipinski definition) is 11. The first-order chi connectivity index (χ1) is 42.8. The van der Waals surface area contributed by atoms with Gasteiger partial charge < -0.3 is 9.47 Å². The summed E-state index contributed by atoms with van der Waals surface area (Å²) >= 11 is 0. The van der Waals surface area contributed by atoms with Crippen molar-refractivity contribution < 1.29 is 22.6 Å². The first-order valence-corrected chi connectivity index (χ1v) is 36.5. The van der Waals surface area contributed by atoms with E-state index in [1.54, 1.807) is 14.2 Å². The van der Waals surface area contributed by atoms with E-state index in [1.165, 1.54) is 47.4 Å². The van der Waals surface area contributed by atoms with Gasteiger partial charge in [-0.1, -0.05) is 143 Å². The fourth-order valence-electron chi connectivity index (χ4n) is 15.0. The molecule has 18 heteroatoms. The first-order valence-electron chi connectivity index (χ1n) is 36.5. The number of alkyl halides is 3. The zero-order valence-corrected chi connectivity index (χ0v) is 63.2. The smallest absolute Gasteiger partial charge is 0.294 e. The van der Waals surface area contributed by atoms with Crippen LogP contribution in [0.1, 0.15) is 327 Å². The summed E-state index contributed by atoms with van der Waals surface area (Å²) in [6.07, 6.45) is 20.7. The number of aromatic nitrogens is 12. The Labute approximate surface area is 556 Å². The average Bonchev–Trinajstić information content (AvgIpc) is 1.55. The standard InChI is InChI=1S/C19H36N4O2.C19H33N3.C18H31F2N3.C18H32FN3/c1-9-18(3,4)22-12-11-14-16(17(25-8)15(13-22)24-7)20-21-23(14)19(5,6)10-2;1-7-18(3,4)17-13-9-11-15-16(12-10-14(13)17)22(21-20-15)19(5,6)8-2;1-7-16(3,4)14-12-10-9-11-13-15(18(14,19)20)23(22-21-13)17(5,6)8-2;1-7-16(3,4)18(19)13-11-9-10-12-14-15(18)22(21-20-14)17(5,6)8-2/h15,17H,9-13H2,1-8H3;13-14,17H,7-12H2,1-6H3;14H,7-12H2,1-6H3;7-13H2,1-6H3/t;13-,14+,17?;;/m.1../s1. The Kier molecular flexibility index (Phi) is 25.1. The van der Waals surface area contributed by atoms with Crippen molar-refractivity contribution >= 4 is 0 Å². The number of rotatable bonds is 18. The monoisotopic (exact) mass is 1290 g/mol. The van der Waals surface area contributed by atoms with E-state index in [0.717, 1.165) is 144 Å². The Hall–Kier alpha value is -3.77. The van der Waals surface area contributed by atoms with Gasteiger partial charge in [0.05, 0.1) is 50.6 Å². The van der Waals surface area contributed by atoms with Crippen LogP contribution in [0.25, 0.3) is 0 Å². The van der Waals surface area contributed by atoms with Crippen LogP contribution in [0.3, 0.4) is 0 Å². The summed E-state index contributed by atoms with van der Waals surface area (Å²) < 4.78 is 67.1. The number of aryl methyl sites for hydroxylation is 3. The molecule has 0 N–H and O–H groups in total. The van der Waals surface area contributed by atoms with E-state index in [9.17, 15) is 0 Å². The van der Waals surface area contributed by atoms with Gasteiger partial charge in [0.25, 0.3) is 5.92 Å². The van der Waals surface area contributed by atoms with Crippen LogP contribution in [0, 0.1) is 39.9 Å². The van der Waals surface area contributed by atoms with Gasteiger partial charge in [-0.2, -0.15) is 8.78 Å². The molecule has 0 aromatic carbocycles. The summed E-state index contributed by atoms with van der Waals surface area (Å²) in [5.41, 5.74) is 4.81. The van der Waals surface area contributed by atoms with Gasteiger partial charge in [0.15, 0.2) is 5.67 Å². The molecule has 0 amide bonds. The minimum atomic E-state index is -2.90. The lowest BCUT2D eigenvalue weighted by atomic mass is 9.68. The van der Waals surface area contributed by atoms with Gasteiger partial charge in [-0.3, -0.25) is 4.90 Å². The minimum Gasteiger partial charge on any atom is -0.377 e. The third-order valence-electron chi connectivity index (χ3n) is 24.9. The highest BCUT2D eigenvalue weighted by Gasteiger charge is 2.57. The van der Waals surface area contributed by atoms with Gasteiger partial charge in [-0.15, -0.1) is 20.4 Å². The van der Waals surface area contributed by atoms with Crippen molar-refractivity contribution in [1.29, 1.82) is 0 Å². The average molecular weight is 1290 g/mol. The number of methoxy groups -OCH3 is 2. The van der Waals surface area contributed by atoms with E-state index in [1.807, 2.05) is 46.2 Å². The highest BCUT2D eigenvalue weighted by Crippen LogP contribution is 2.62. The number of fused-ring (bicyclic) bond motifs is 5. The Morgan fingerprint density at radius 1 is 0.446 bits per heavy atom. The predicted octanol–water partition coefficient (Wildman–Crippen LogP) is 18.2. The predicted molar refractivity (Wildman–Crippen MR) is 368 cm³/mol. The zero-order chi connectivity index (χ0) is 69.0. The van der Waals surface area contributed by atoms with Crippen LogP contribution in [0.15, 0.2) is 0 Å². The van der Waals surface area contributed by atoms with Gasteiger partial charge in [0.1, 0.15) is 29.3 Å². The van der Waals surface area contributed by atoms with Gasteiger partial charge in [-0.25, -0.2) is 23.1 Å². The molecule has 9 rings (SSSR count). The molecule has 5 aliphatic rings. The summed E-state index contributed by atoms with van der Waals surface area (Å²) in [7, 11) is 3.50. The molecule has 1 aliphatic heterocycles. The van der Waals surface area contributed by atoms with Crippen LogP contribution >= 0.6 is 0 Å². The summed E-state index contributed by atoms with van der Waals surface area (Å²) in [4.78, 5) is 2.52. The van der Waals surface area contributed by atoms with Crippen molar-refractivity contribution in [3.05, 3.63) is 45.6 Å². The normalized spacial score (nSPS) is 24.4. The molecule has 5 unspecified atom stereocenters. The summed E-state index contributed by atoms with van der Waals surface area (Å²) in [6.45, 7) is 53.8. The molecule has 7 atom stereocenters. The van der Waals surface area contributed by atoms with Gasteiger partial charge >= 0.3 is 0 Å². The SMILES string of the molecule is CCC(C)(C)C1CCCCc2nnn(C(C)(C)CC)c2C1(F)F.CCC(C)(C)C1[C@H]2CCc3c(nnn3C(C)(C)CC)CC[C@@H]12.CCC(C)(C)N1CCc2c(nnn2C(C)(C)CC)C(OC)C(OC)C1.CCC(C)(C)n1nnc2c1C(F)(C(C)(C)CC)CCCCC2. The molecular formula is C74H132F3N13O2. The number of ether oxygens (including phenoxy) is 2. The number of hydrogen-bond donors (Lipinski definition) is 0. The topological polar surface area (TPSA) is 145 Å². The van der Waals surface area contributed by atoms with Crippen LogP contribution in [-0.2, 0) is 75.3 Å². The van der Waals surface area contributed by atoms with Crippen LogP contribution in [0.5, 0.6) is 0 Å². The molecule has 1 saturated carbocycles. The minimum absolute atomic E-state index is 0.0637. The molecule has 4 aromatic rings. The molecule has 0 saturated heterocycles. The molecule has 0 radical (unpaired) electrons. The second-order valence-electron chi connectivity index (χ2n) is 33.4. The van der Waals surface area contributed by atoms with E-state index in [4.69, 9.17) is 9.47 Å². The molecule has 5 heterocycles. The van der Waals surface area contributed by atoms with Crippen molar-refractivity contribution in [2.24, 2.45) is 39.9 Å². The third-order valence-corrected chi connectivity index (χ3v) is 24.9. The van der Waals surface area contributed by atoms with Crippen LogP contribution < -0.4 is 0 Å². The summed E-state index contributed by atoms with van der Waals surface area (Å²) in [5.74, 6) is -0.764. The van der Waals surface area contributed by atoms with Crippen molar-refractivity contribution in [1.82, 2.24) is 64.9 Å². The first kappa shape index (κ1) is 77.2. The highest BCUT2D eigenvalue weighted by molar-refractivity contribution is 5.26.